The molecule has 1 N–H and O–H groups in total. The molecule has 5 rings (SSSR count). The Bertz CT molecular complexity index is 1330. The summed E-state index contributed by atoms with van der Waals surface area (Å²) in [4.78, 5) is 20.8. The second-order valence-electron chi connectivity index (χ2n) is 8.72. The van der Waals surface area contributed by atoms with Gasteiger partial charge in [-0.25, -0.2) is 9.37 Å². The minimum Gasteiger partial charge on any atom is -0.508 e. The SMILES string of the molecule is Cc1nc2c(c(=O)n1C(c1ccccc1)c1ccccc1)CN(Cc1ccc(O)cc1F)CC2. The average molecular weight is 456 g/mol. The van der Waals surface area contributed by atoms with Gasteiger partial charge in [-0.3, -0.25) is 14.3 Å². The molecule has 0 spiro atoms. The van der Waals surface area contributed by atoms with Crippen molar-refractivity contribution < 1.29 is 9.50 Å². The maximum absolute atomic E-state index is 14.3. The number of halogens is 1. The molecule has 1 aliphatic heterocycles. The van der Waals surface area contributed by atoms with Crippen LogP contribution in [-0.4, -0.2) is 26.1 Å². The van der Waals surface area contributed by atoms with Gasteiger partial charge in [-0.2, -0.15) is 0 Å². The minimum absolute atomic E-state index is 0.0592. The molecule has 3 aromatic carbocycles. The van der Waals surface area contributed by atoms with Crippen molar-refractivity contribution in [2.45, 2.75) is 32.5 Å². The van der Waals surface area contributed by atoms with E-state index in [2.05, 4.69) is 4.90 Å². The van der Waals surface area contributed by atoms with E-state index in [-0.39, 0.29) is 17.4 Å². The maximum atomic E-state index is 14.3. The third-order valence-corrected chi connectivity index (χ3v) is 6.44. The van der Waals surface area contributed by atoms with Gasteiger partial charge in [-0.15, -0.1) is 0 Å². The molecule has 2 heterocycles. The summed E-state index contributed by atoms with van der Waals surface area (Å²) in [5, 5.41) is 9.50. The van der Waals surface area contributed by atoms with Crippen molar-refractivity contribution in [3.05, 3.63) is 129 Å². The van der Waals surface area contributed by atoms with Crippen LogP contribution in [0.15, 0.2) is 83.7 Å². The van der Waals surface area contributed by atoms with E-state index in [4.69, 9.17) is 4.98 Å². The molecular formula is C28H26FN3O2. The van der Waals surface area contributed by atoms with E-state index in [1.165, 1.54) is 6.07 Å². The zero-order valence-electron chi connectivity index (χ0n) is 19.0. The quantitative estimate of drug-likeness (QED) is 0.478. The molecule has 0 radical (unpaired) electrons. The smallest absolute Gasteiger partial charge is 0.259 e. The molecule has 0 amide bonds. The van der Waals surface area contributed by atoms with E-state index in [9.17, 15) is 14.3 Å². The Labute approximate surface area is 197 Å². The zero-order valence-corrected chi connectivity index (χ0v) is 19.0. The number of phenolic OH excluding ortho intramolecular Hbond substituents is 1. The van der Waals surface area contributed by atoms with E-state index in [0.717, 1.165) is 22.9 Å². The first-order valence-electron chi connectivity index (χ1n) is 11.4. The molecule has 5 nitrogen and oxygen atoms in total. The molecule has 0 saturated carbocycles. The van der Waals surface area contributed by atoms with Gasteiger partial charge in [0.25, 0.3) is 5.56 Å². The molecule has 172 valence electrons. The highest BCUT2D eigenvalue weighted by molar-refractivity contribution is 5.35. The predicted octanol–water partition coefficient (Wildman–Crippen LogP) is 4.59. The van der Waals surface area contributed by atoms with Crippen molar-refractivity contribution in [3.8, 4) is 5.75 Å². The first-order valence-corrected chi connectivity index (χ1v) is 11.4. The number of hydrogen-bond acceptors (Lipinski definition) is 4. The molecule has 0 bridgehead atoms. The number of rotatable bonds is 5. The van der Waals surface area contributed by atoms with E-state index >= 15 is 0 Å². The first-order chi connectivity index (χ1) is 16.5. The number of phenols is 1. The lowest BCUT2D eigenvalue weighted by molar-refractivity contribution is 0.236. The first kappa shape index (κ1) is 22.0. The molecule has 0 saturated heterocycles. The zero-order chi connectivity index (χ0) is 23.7. The fourth-order valence-electron chi connectivity index (χ4n) is 4.77. The largest absolute Gasteiger partial charge is 0.508 e. The van der Waals surface area contributed by atoms with Crippen molar-refractivity contribution in [2.75, 3.05) is 6.54 Å². The molecule has 1 aliphatic rings. The Morgan fingerprint density at radius 3 is 2.26 bits per heavy atom. The summed E-state index contributed by atoms with van der Waals surface area (Å²) in [5.74, 6) is 0.138. The predicted molar refractivity (Wildman–Crippen MR) is 129 cm³/mol. The second kappa shape index (κ2) is 9.23. The van der Waals surface area contributed by atoms with Gasteiger partial charge >= 0.3 is 0 Å². The Hall–Kier alpha value is -3.77. The van der Waals surface area contributed by atoms with Crippen LogP contribution < -0.4 is 5.56 Å². The van der Waals surface area contributed by atoms with Gasteiger partial charge in [-0.05, 0) is 24.1 Å². The summed E-state index contributed by atoms with van der Waals surface area (Å²) >= 11 is 0. The highest BCUT2D eigenvalue weighted by Crippen LogP contribution is 2.28. The van der Waals surface area contributed by atoms with Crippen LogP contribution >= 0.6 is 0 Å². The van der Waals surface area contributed by atoms with Crippen LogP contribution in [-0.2, 0) is 19.5 Å². The fraction of sp³-hybridized carbons (Fsp3) is 0.214. The van der Waals surface area contributed by atoms with Gasteiger partial charge in [0, 0.05) is 37.7 Å². The third kappa shape index (κ3) is 4.24. The standard InChI is InChI=1S/C28H26FN3O2/c1-19-30-26-14-15-31(17-22-12-13-23(33)16-25(22)29)18-24(26)28(34)32(19)27(20-8-4-2-5-9-20)21-10-6-3-7-11-21/h2-13,16,27,33H,14-15,17-18H2,1H3. The molecule has 4 aromatic rings. The van der Waals surface area contributed by atoms with Crippen LogP contribution in [0.2, 0.25) is 0 Å². The number of aryl methyl sites for hydroxylation is 1. The lowest BCUT2D eigenvalue weighted by Crippen LogP contribution is -2.40. The van der Waals surface area contributed by atoms with Crippen LogP contribution in [0.1, 0.15) is 39.8 Å². The van der Waals surface area contributed by atoms with Gasteiger partial charge in [0.15, 0.2) is 0 Å². The van der Waals surface area contributed by atoms with Gasteiger partial charge in [0.2, 0.25) is 0 Å². The number of benzene rings is 3. The summed E-state index contributed by atoms with van der Waals surface area (Å²) in [6, 6.07) is 23.9. The van der Waals surface area contributed by atoms with Gasteiger partial charge in [0.05, 0.1) is 17.3 Å². The normalized spacial score (nSPS) is 13.7. The van der Waals surface area contributed by atoms with Crippen molar-refractivity contribution in [1.82, 2.24) is 14.5 Å². The molecule has 0 unspecified atom stereocenters. The Morgan fingerprint density at radius 1 is 1.00 bits per heavy atom. The van der Waals surface area contributed by atoms with Crippen molar-refractivity contribution in [3.63, 3.8) is 0 Å². The number of fused-ring (bicyclic) bond motifs is 1. The summed E-state index contributed by atoms with van der Waals surface area (Å²) < 4.78 is 16.1. The van der Waals surface area contributed by atoms with E-state index in [0.29, 0.717) is 43.0 Å². The maximum Gasteiger partial charge on any atom is 0.259 e. The van der Waals surface area contributed by atoms with Crippen molar-refractivity contribution in [1.29, 1.82) is 0 Å². The van der Waals surface area contributed by atoms with Crippen LogP contribution in [0.4, 0.5) is 4.39 Å². The summed E-state index contributed by atoms with van der Waals surface area (Å²) in [7, 11) is 0. The average Bonchev–Trinajstić information content (AvgIpc) is 2.85. The molecule has 34 heavy (non-hydrogen) atoms. The third-order valence-electron chi connectivity index (χ3n) is 6.44. The number of aromatic nitrogens is 2. The Kier molecular flexibility index (Phi) is 5.99. The molecule has 1 aromatic heterocycles. The molecule has 0 aliphatic carbocycles. The van der Waals surface area contributed by atoms with E-state index in [1.54, 1.807) is 10.6 Å². The van der Waals surface area contributed by atoms with Crippen molar-refractivity contribution in [2.24, 2.45) is 0 Å². The summed E-state index contributed by atoms with van der Waals surface area (Å²) in [5.41, 5.74) is 3.94. The lowest BCUT2D eigenvalue weighted by atomic mass is 9.97. The van der Waals surface area contributed by atoms with Crippen LogP contribution in [0.3, 0.4) is 0 Å². The van der Waals surface area contributed by atoms with Gasteiger partial charge < -0.3 is 5.11 Å². The highest BCUT2D eigenvalue weighted by atomic mass is 19.1. The van der Waals surface area contributed by atoms with Crippen LogP contribution in [0.25, 0.3) is 0 Å². The monoisotopic (exact) mass is 455 g/mol. The topological polar surface area (TPSA) is 58.4 Å². The minimum atomic E-state index is -0.446. The van der Waals surface area contributed by atoms with Crippen LogP contribution in [0.5, 0.6) is 5.75 Å². The highest BCUT2D eigenvalue weighted by Gasteiger charge is 2.27. The molecule has 6 heteroatoms. The Balaban J connectivity index is 1.55. The lowest BCUT2D eigenvalue weighted by Gasteiger charge is -2.30. The van der Waals surface area contributed by atoms with E-state index in [1.807, 2.05) is 67.6 Å². The second-order valence-corrected chi connectivity index (χ2v) is 8.72. The number of aromatic hydroxyl groups is 1. The van der Waals surface area contributed by atoms with Gasteiger partial charge in [0.1, 0.15) is 17.4 Å². The molecular weight excluding hydrogens is 429 g/mol. The molecule has 0 atom stereocenters. The van der Waals surface area contributed by atoms with E-state index < -0.39 is 5.82 Å². The number of nitrogens with zero attached hydrogens (tertiary/aromatic N) is 3. The summed E-state index contributed by atoms with van der Waals surface area (Å²) in [6.45, 7) is 3.33. The van der Waals surface area contributed by atoms with Gasteiger partial charge in [-0.1, -0.05) is 66.7 Å². The van der Waals surface area contributed by atoms with Crippen LogP contribution in [0, 0.1) is 12.7 Å². The van der Waals surface area contributed by atoms with Crippen molar-refractivity contribution >= 4 is 0 Å². The Morgan fingerprint density at radius 2 is 1.65 bits per heavy atom. The fourth-order valence-corrected chi connectivity index (χ4v) is 4.77. The number of hydrogen-bond donors (Lipinski definition) is 1. The molecule has 0 fully saturated rings. The summed E-state index contributed by atoms with van der Waals surface area (Å²) in [6.07, 6.45) is 0.632.